The Morgan fingerprint density at radius 3 is 3.00 bits per heavy atom. The highest BCUT2D eigenvalue weighted by Crippen LogP contribution is 2.09. The molecule has 0 aliphatic carbocycles. The minimum atomic E-state index is -0.313. The molecule has 0 aromatic carbocycles. The lowest BCUT2D eigenvalue weighted by atomic mass is 10.3. The number of nitrogens with two attached hydrogens (primary N) is 1. The minimum Gasteiger partial charge on any atom is -0.382 e. The molecule has 4 N–H and O–H groups in total. The average molecular weight is 151 g/mol. The fraction of sp³-hybridized carbons (Fsp3) is 0. The van der Waals surface area contributed by atoms with Gasteiger partial charge in [-0.05, 0) is 0 Å². The lowest BCUT2D eigenvalue weighted by molar-refractivity contribution is 1.01. The molecule has 11 heavy (non-hydrogen) atoms. The number of aromatic nitrogens is 4. The van der Waals surface area contributed by atoms with Crippen molar-refractivity contribution < 1.29 is 0 Å². The van der Waals surface area contributed by atoms with Gasteiger partial charge in [-0.25, -0.2) is 5.10 Å². The molecule has 0 radical (unpaired) electrons. The second-order valence-corrected chi connectivity index (χ2v) is 2.10. The number of fused-ring (bicyclic) bond motifs is 1. The molecular weight excluding hydrogens is 146 g/mol. The molecule has 0 aliphatic rings. The second-order valence-electron chi connectivity index (χ2n) is 2.10. The molecule has 2 rings (SSSR count). The molecule has 0 aliphatic heterocycles. The number of anilines is 1. The van der Waals surface area contributed by atoms with Crippen LogP contribution in [0.15, 0.2) is 11.0 Å². The van der Waals surface area contributed by atoms with Gasteiger partial charge in [0.15, 0.2) is 5.82 Å². The summed E-state index contributed by atoms with van der Waals surface area (Å²) in [7, 11) is 0. The van der Waals surface area contributed by atoms with Gasteiger partial charge in [0.05, 0.1) is 11.6 Å². The summed E-state index contributed by atoms with van der Waals surface area (Å²) < 4.78 is 0. The van der Waals surface area contributed by atoms with Crippen LogP contribution in [-0.4, -0.2) is 20.4 Å². The zero-order valence-corrected chi connectivity index (χ0v) is 5.46. The Hall–Kier alpha value is -1.85. The maximum atomic E-state index is 10.9. The van der Waals surface area contributed by atoms with E-state index in [4.69, 9.17) is 5.73 Å². The maximum absolute atomic E-state index is 10.9. The van der Waals surface area contributed by atoms with Crippen molar-refractivity contribution in [1.29, 1.82) is 0 Å². The van der Waals surface area contributed by atoms with Crippen LogP contribution in [0.3, 0.4) is 0 Å². The van der Waals surface area contributed by atoms with E-state index >= 15 is 0 Å². The van der Waals surface area contributed by atoms with Crippen molar-refractivity contribution >= 4 is 16.7 Å². The van der Waals surface area contributed by atoms with E-state index < -0.39 is 0 Å². The first kappa shape index (κ1) is 5.90. The van der Waals surface area contributed by atoms with Gasteiger partial charge >= 0.3 is 0 Å². The van der Waals surface area contributed by atoms with Gasteiger partial charge in [0.1, 0.15) is 5.52 Å². The van der Waals surface area contributed by atoms with Crippen LogP contribution in [0.4, 0.5) is 5.82 Å². The van der Waals surface area contributed by atoms with Crippen LogP contribution in [-0.2, 0) is 0 Å². The highest BCUT2D eigenvalue weighted by atomic mass is 16.1. The summed E-state index contributed by atoms with van der Waals surface area (Å²) in [5.41, 5.74) is 5.47. The van der Waals surface area contributed by atoms with Gasteiger partial charge in [0, 0.05) is 0 Å². The summed E-state index contributed by atoms with van der Waals surface area (Å²) in [5.74, 6) is 0.272. The van der Waals surface area contributed by atoms with Gasteiger partial charge in [0.2, 0.25) is 0 Å². The molecule has 0 fully saturated rings. The van der Waals surface area contributed by atoms with Crippen LogP contribution in [0, 0.1) is 0 Å². The quantitative estimate of drug-likeness (QED) is 0.460. The van der Waals surface area contributed by atoms with Gasteiger partial charge in [0.25, 0.3) is 5.56 Å². The number of nitrogen functional groups attached to an aromatic ring is 1. The van der Waals surface area contributed by atoms with Crippen molar-refractivity contribution in [2.45, 2.75) is 0 Å². The number of nitrogens with zero attached hydrogens (tertiary/aromatic N) is 2. The summed E-state index contributed by atoms with van der Waals surface area (Å²) in [6, 6.07) is 0. The monoisotopic (exact) mass is 151 g/mol. The number of H-pyrrole nitrogens is 2. The fourth-order valence-corrected chi connectivity index (χ4v) is 0.881. The molecule has 0 amide bonds. The van der Waals surface area contributed by atoms with E-state index in [0.717, 1.165) is 0 Å². The summed E-state index contributed by atoms with van der Waals surface area (Å²) in [6.45, 7) is 0. The van der Waals surface area contributed by atoms with Gasteiger partial charge in [-0.15, -0.1) is 0 Å². The first-order valence-electron chi connectivity index (χ1n) is 2.96. The molecule has 0 saturated heterocycles. The summed E-state index contributed by atoms with van der Waals surface area (Å²) in [6.07, 6.45) is 1.47. The van der Waals surface area contributed by atoms with Gasteiger partial charge in [-0.3, -0.25) is 9.89 Å². The number of hydrogen-bond acceptors (Lipinski definition) is 4. The largest absolute Gasteiger partial charge is 0.382 e. The van der Waals surface area contributed by atoms with Gasteiger partial charge < -0.3 is 5.73 Å². The number of hydrogen-bond donors (Lipinski definition) is 3. The Kier molecular flexibility index (Phi) is 0.974. The topological polar surface area (TPSA) is 100 Å². The van der Waals surface area contributed by atoms with Crippen LogP contribution in [0.2, 0.25) is 0 Å². The second kappa shape index (κ2) is 1.82. The Labute approximate surface area is 60.4 Å². The van der Waals surface area contributed by atoms with Crippen LogP contribution in [0.1, 0.15) is 0 Å². The number of nitrogens with one attached hydrogen (secondary N) is 2. The van der Waals surface area contributed by atoms with E-state index in [-0.39, 0.29) is 11.4 Å². The lowest BCUT2D eigenvalue weighted by Crippen LogP contribution is -2.10. The van der Waals surface area contributed by atoms with E-state index in [1.807, 2.05) is 0 Å². The predicted molar refractivity (Wildman–Crippen MR) is 38.9 cm³/mol. The molecule has 0 unspecified atom stereocenters. The highest BCUT2D eigenvalue weighted by Gasteiger charge is 2.03. The van der Waals surface area contributed by atoms with Gasteiger partial charge in [-0.1, -0.05) is 0 Å². The Balaban J connectivity index is 3.08. The fourth-order valence-electron chi connectivity index (χ4n) is 0.881. The van der Waals surface area contributed by atoms with E-state index in [9.17, 15) is 4.79 Å². The third-order valence-electron chi connectivity index (χ3n) is 1.42. The molecular formula is C5H5N5O. The number of aromatic amines is 2. The summed E-state index contributed by atoms with van der Waals surface area (Å²) >= 11 is 0. The standard InChI is InChI=1S/C5H5N5O/c6-4-2-1-7-8-3(2)5(11)10-9-4/h1H,(H2,6,9)(H,7,8)(H,10,11). The van der Waals surface area contributed by atoms with Crippen LogP contribution >= 0.6 is 0 Å². The van der Waals surface area contributed by atoms with Crippen molar-refractivity contribution in [3.63, 3.8) is 0 Å². The minimum absolute atomic E-state index is 0.272. The Morgan fingerprint density at radius 2 is 2.27 bits per heavy atom. The van der Waals surface area contributed by atoms with Crippen molar-refractivity contribution in [2.24, 2.45) is 0 Å². The van der Waals surface area contributed by atoms with Crippen molar-refractivity contribution in [3.8, 4) is 0 Å². The van der Waals surface area contributed by atoms with E-state index in [1.54, 1.807) is 0 Å². The first-order valence-corrected chi connectivity index (χ1v) is 2.96. The predicted octanol–water partition coefficient (Wildman–Crippen LogP) is -0.772. The molecule has 2 aromatic rings. The molecule has 0 bridgehead atoms. The first-order chi connectivity index (χ1) is 5.29. The summed E-state index contributed by atoms with van der Waals surface area (Å²) in [5, 5.41) is 12.5. The third-order valence-corrected chi connectivity index (χ3v) is 1.42. The van der Waals surface area contributed by atoms with Crippen molar-refractivity contribution in [1.82, 2.24) is 20.4 Å². The molecule has 0 atom stereocenters. The van der Waals surface area contributed by atoms with Crippen LogP contribution in [0.25, 0.3) is 10.9 Å². The number of rotatable bonds is 0. The van der Waals surface area contributed by atoms with E-state index in [1.165, 1.54) is 6.20 Å². The molecule has 2 heterocycles. The van der Waals surface area contributed by atoms with Gasteiger partial charge in [-0.2, -0.15) is 10.2 Å². The SMILES string of the molecule is Nc1n[nH]c(=O)c2[nH]ncc12. The lowest BCUT2D eigenvalue weighted by Gasteiger charge is -1.89. The van der Waals surface area contributed by atoms with Crippen molar-refractivity contribution in [3.05, 3.63) is 16.6 Å². The molecule has 0 saturated carbocycles. The molecule has 6 heteroatoms. The zero-order chi connectivity index (χ0) is 7.84. The normalized spacial score (nSPS) is 10.5. The average Bonchev–Trinajstić information content (AvgIpc) is 2.45. The van der Waals surface area contributed by atoms with Crippen molar-refractivity contribution in [2.75, 3.05) is 5.73 Å². The highest BCUT2D eigenvalue weighted by molar-refractivity contribution is 5.86. The third kappa shape index (κ3) is 0.689. The molecule has 56 valence electrons. The summed E-state index contributed by atoms with van der Waals surface area (Å²) in [4.78, 5) is 10.9. The zero-order valence-electron chi connectivity index (χ0n) is 5.46. The molecule has 0 spiro atoms. The van der Waals surface area contributed by atoms with Crippen LogP contribution < -0.4 is 11.3 Å². The van der Waals surface area contributed by atoms with E-state index in [2.05, 4.69) is 20.4 Å². The van der Waals surface area contributed by atoms with Crippen LogP contribution in [0.5, 0.6) is 0 Å². The molecule has 2 aromatic heterocycles. The maximum Gasteiger partial charge on any atom is 0.290 e. The molecule has 6 nitrogen and oxygen atoms in total. The smallest absolute Gasteiger partial charge is 0.290 e. The Bertz CT molecular complexity index is 441. The Morgan fingerprint density at radius 1 is 1.45 bits per heavy atom. The van der Waals surface area contributed by atoms with E-state index in [0.29, 0.717) is 10.9 Å².